The van der Waals surface area contributed by atoms with Crippen molar-refractivity contribution in [2.45, 2.75) is 32.2 Å². The molecule has 1 aliphatic heterocycles. The Hall–Kier alpha value is -1.53. The summed E-state index contributed by atoms with van der Waals surface area (Å²) in [5.41, 5.74) is 2.12. The molecule has 0 amide bonds. The number of rotatable bonds is 5. The van der Waals surface area contributed by atoms with Gasteiger partial charge < -0.3 is 4.74 Å². The lowest BCUT2D eigenvalue weighted by atomic mass is 9.96. The molecule has 1 heterocycles. The van der Waals surface area contributed by atoms with Crippen LogP contribution in [-0.4, -0.2) is 24.2 Å². The van der Waals surface area contributed by atoms with Crippen LogP contribution in [0.3, 0.4) is 0 Å². The summed E-state index contributed by atoms with van der Waals surface area (Å²) in [7, 11) is 0. The van der Waals surface area contributed by atoms with Gasteiger partial charge in [0.05, 0.1) is 5.92 Å². The van der Waals surface area contributed by atoms with Crippen LogP contribution in [0.1, 0.15) is 24.0 Å². The summed E-state index contributed by atoms with van der Waals surface area (Å²) in [5.74, 6) is -0.408. The van der Waals surface area contributed by atoms with Crippen LogP contribution in [0.2, 0.25) is 0 Å². The second-order valence-electron chi connectivity index (χ2n) is 6.66. The highest BCUT2D eigenvalue weighted by molar-refractivity contribution is 9.10. The van der Waals surface area contributed by atoms with E-state index < -0.39 is 12.1 Å². The number of alkyl halides is 3. The van der Waals surface area contributed by atoms with Gasteiger partial charge in [-0.15, -0.1) is 0 Å². The van der Waals surface area contributed by atoms with Gasteiger partial charge in [-0.05, 0) is 55.3 Å². The average Bonchev–Trinajstić information content (AvgIpc) is 2.60. The van der Waals surface area contributed by atoms with E-state index in [1.54, 1.807) is 0 Å². The molecule has 0 atom stereocenters. The SMILES string of the molecule is FC(F)(F)C1CCN(Cc2cc(Br)cc(OCc3ccccc3)c2)CC1. The first kappa shape index (κ1) is 19.2. The molecule has 6 heteroatoms. The molecule has 3 rings (SSSR count). The minimum absolute atomic E-state index is 0.175. The Morgan fingerprint density at radius 3 is 2.35 bits per heavy atom. The van der Waals surface area contributed by atoms with E-state index in [-0.39, 0.29) is 12.8 Å². The van der Waals surface area contributed by atoms with E-state index in [1.165, 1.54) is 0 Å². The van der Waals surface area contributed by atoms with Crippen LogP contribution in [0.15, 0.2) is 53.0 Å². The van der Waals surface area contributed by atoms with Gasteiger partial charge >= 0.3 is 6.18 Å². The van der Waals surface area contributed by atoms with Crippen molar-refractivity contribution in [3.63, 3.8) is 0 Å². The molecule has 26 heavy (non-hydrogen) atoms. The maximum Gasteiger partial charge on any atom is 0.391 e. The zero-order chi connectivity index (χ0) is 18.6. The van der Waals surface area contributed by atoms with Gasteiger partial charge in [-0.1, -0.05) is 46.3 Å². The van der Waals surface area contributed by atoms with Gasteiger partial charge in [-0.3, -0.25) is 4.90 Å². The predicted molar refractivity (Wildman–Crippen MR) is 99.0 cm³/mol. The third-order valence-electron chi connectivity index (χ3n) is 4.64. The fourth-order valence-corrected chi connectivity index (χ4v) is 3.73. The molecule has 2 nitrogen and oxygen atoms in total. The number of piperidine rings is 1. The Morgan fingerprint density at radius 2 is 1.69 bits per heavy atom. The maximum atomic E-state index is 12.8. The van der Waals surface area contributed by atoms with Crippen molar-refractivity contribution in [2.24, 2.45) is 5.92 Å². The fraction of sp³-hybridized carbons (Fsp3) is 0.400. The Kier molecular flexibility index (Phi) is 6.24. The Labute approximate surface area is 160 Å². The van der Waals surface area contributed by atoms with Gasteiger partial charge in [0.2, 0.25) is 0 Å². The first-order chi connectivity index (χ1) is 12.4. The van der Waals surface area contributed by atoms with Crippen LogP contribution in [0.5, 0.6) is 5.75 Å². The van der Waals surface area contributed by atoms with Crippen LogP contribution in [0, 0.1) is 5.92 Å². The lowest BCUT2D eigenvalue weighted by Gasteiger charge is -2.32. The van der Waals surface area contributed by atoms with Gasteiger partial charge in [-0.25, -0.2) is 0 Å². The molecule has 2 aromatic rings. The molecular weight excluding hydrogens is 407 g/mol. The predicted octanol–water partition coefficient (Wildman–Crippen LogP) is 5.80. The molecule has 1 saturated heterocycles. The maximum absolute atomic E-state index is 12.8. The molecule has 0 N–H and O–H groups in total. The smallest absolute Gasteiger partial charge is 0.391 e. The van der Waals surface area contributed by atoms with Gasteiger partial charge in [0.25, 0.3) is 0 Å². The van der Waals surface area contributed by atoms with Crippen molar-refractivity contribution >= 4 is 15.9 Å². The second kappa shape index (κ2) is 8.44. The van der Waals surface area contributed by atoms with E-state index in [0.717, 1.165) is 21.3 Å². The molecule has 1 fully saturated rings. The molecule has 0 aliphatic carbocycles. The first-order valence-corrected chi connectivity index (χ1v) is 9.45. The molecule has 2 aromatic carbocycles. The Morgan fingerprint density at radius 1 is 1.00 bits per heavy atom. The van der Waals surface area contributed by atoms with Crippen molar-refractivity contribution in [1.29, 1.82) is 0 Å². The quantitative estimate of drug-likeness (QED) is 0.597. The average molecular weight is 428 g/mol. The molecular formula is C20H21BrF3NO. The normalized spacial score (nSPS) is 16.6. The Balaban J connectivity index is 1.58. The molecule has 0 saturated carbocycles. The van der Waals surface area contributed by atoms with Crippen LogP contribution >= 0.6 is 15.9 Å². The zero-order valence-corrected chi connectivity index (χ0v) is 15.9. The molecule has 0 unspecified atom stereocenters. The summed E-state index contributed by atoms with van der Waals surface area (Å²) in [4.78, 5) is 2.07. The Bertz CT molecular complexity index is 713. The van der Waals surface area contributed by atoms with Crippen molar-refractivity contribution in [2.75, 3.05) is 13.1 Å². The summed E-state index contributed by atoms with van der Waals surface area (Å²) >= 11 is 3.49. The number of hydrogen-bond donors (Lipinski definition) is 0. The van der Waals surface area contributed by atoms with E-state index in [4.69, 9.17) is 4.74 Å². The third kappa shape index (κ3) is 5.48. The van der Waals surface area contributed by atoms with E-state index >= 15 is 0 Å². The van der Waals surface area contributed by atoms with E-state index in [2.05, 4.69) is 20.8 Å². The number of nitrogens with zero attached hydrogens (tertiary/aromatic N) is 1. The lowest BCUT2D eigenvalue weighted by Crippen LogP contribution is -2.38. The largest absolute Gasteiger partial charge is 0.489 e. The van der Waals surface area contributed by atoms with Crippen molar-refractivity contribution in [1.82, 2.24) is 4.90 Å². The minimum atomic E-state index is -4.07. The topological polar surface area (TPSA) is 12.5 Å². The van der Waals surface area contributed by atoms with Crippen LogP contribution in [-0.2, 0) is 13.2 Å². The summed E-state index contributed by atoms with van der Waals surface area (Å²) in [6, 6.07) is 15.8. The standard InChI is InChI=1S/C20H21BrF3NO/c21-18-10-16(13-25-8-6-17(7-9-25)20(22,23)24)11-19(12-18)26-14-15-4-2-1-3-5-15/h1-5,10-12,17H,6-9,13-14H2. The van der Waals surface area contributed by atoms with Crippen molar-refractivity contribution in [3.05, 3.63) is 64.1 Å². The van der Waals surface area contributed by atoms with E-state index in [9.17, 15) is 13.2 Å². The van der Waals surface area contributed by atoms with E-state index in [1.807, 2.05) is 48.5 Å². The van der Waals surface area contributed by atoms with Crippen molar-refractivity contribution in [3.8, 4) is 5.75 Å². The molecule has 0 radical (unpaired) electrons. The van der Waals surface area contributed by atoms with E-state index in [0.29, 0.717) is 26.2 Å². The monoisotopic (exact) mass is 427 g/mol. The molecule has 140 valence electrons. The van der Waals surface area contributed by atoms with Crippen LogP contribution in [0.25, 0.3) is 0 Å². The summed E-state index contributed by atoms with van der Waals surface area (Å²) < 4.78 is 45.1. The number of hydrogen-bond acceptors (Lipinski definition) is 2. The summed E-state index contributed by atoms with van der Waals surface area (Å²) in [6.07, 6.45) is -3.72. The van der Waals surface area contributed by atoms with Gasteiger partial charge in [-0.2, -0.15) is 13.2 Å². The fourth-order valence-electron chi connectivity index (χ4n) is 3.21. The van der Waals surface area contributed by atoms with Crippen molar-refractivity contribution < 1.29 is 17.9 Å². The second-order valence-corrected chi connectivity index (χ2v) is 7.58. The highest BCUT2D eigenvalue weighted by Gasteiger charge is 2.40. The highest BCUT2D eigenvalue weighted by atomic mass is 79.9. The highest BCUT2D eigenvalue weighted by Crippen LogP contribution is 2.34. The first-order valence-electron chi connectivity index (χ1n) is 8.65. The molecule has 0 spiro atoms. The van der Waals surface area contributed by atoms with Crippen LogP contribution < -0.4 is 4.74 Å². The zero-order valence-electron chi connectivity index (χ0n) is 14.3. The number of benzene rings is 2. The summed E-state index contributed by atoms with van der Waals surface area (Å²) in [5, 5.41) is 0. The van der Waals surface area contributed by atoms with Gasteiger partial charge in [0.15, 0.2) is 0 Å². The number of halogens is 4. The number of likely N-dealkylation sites (tertiary alicyclic amines) is 1. The number of ether oxygens (including phenoxy) is 1. The van der Waals surface area contributed by atoms with Crippen LogP contribution in [0.4, 0.5) is 13.2 Å². The van der Waals surface area contributed by atoms with Gasteiger partial charge in [0, 0.05) is 11.0 Å². The molecule has 1 aliphatic rings. The summed E-state index contributed by atoms with van der Waals surface area (Å²) in [6.45, 7) is 2.05. The molecule has 0 aromatic heterocycles. The lowest BCUT2D eigenvalue weighted by molar-refractivity contribution is -0.185. The molecule has 0 bridgehead atoms. The minimum Gasteiger partial charge on any atom is -0.489 e. The third-order valence-corrected chi connectivity index (χ3v) is 5.09. The van der Waals surface area contributed by atoms with Gasteiger partial charge in [0.1, 0.15) is 12.4 Å².